The molecular formula is C10H15N3O2. The van der Waals surface area contributed by atoms with E-state index >= 15 is 0 Å². The predicted octanol–water partition coefficient (Wildman–Crippen LogP) is 0.232. The molecule has 0 amide bonds. The van der Waals surface area contributed by atoms with Gasteiger partial charge in [-0.1, -0.05) is 0 Å². The molecule has 0 saturated carbocycles. The average Bonchev–Trinajstić information content (AvgIpc) is 2.28. The first-order valence-corrected chi connectivity index (χ1v) is 5.09. The highest BCUT2D eigenvalue weighted by Crippen LogP contribution is 2.07. The van der Waals surface area contributed by atoms with Gasteiger partial charge in [0.1, 0.15) is 19.0 Å². The lowest BCUT2D eigenvalue weighted by molar-refractivity contribution is -0.0476. The molecule has 1 aromatic heterocycles. The molecule has 1 aromatic rings. The Balaban J connectivity index is 1.78. The molecule has 0 radical (unpaired) electrons. The van der Waals surface area contributed by atoms with Crippen LogP contribution in [-0.4, -0.2) is 41.9 Å². The Kier molecular flexibility index (Phi) is 3.47. The van der Waals surface area contributed by atoms with Crippen molar-refractivity contribution in [3.63, 3.8) is 0 Å². The maximum atomic E-state index is 5.68. The van der Waals surface area contributed by atoms with E-state index in [1.807, 2.05) is 6.92 Å². The molecule has 0 spiro atoms. The number of nitrogens with zero attached hydrogens (tertiary/aromatic N) is 2. The van der Waals surface area contributed by atoms with Crippen LogP contribution in [0.3, 0.4) is 0 Å². The third-order valence-electron chi connectivity index (χ3n) is 2.20. The van der Waals surface area contributed by atoms with E-state index in [0.29, 0.717) is 12.5 Å². The van der Waals surface area contributed by atoms with Gasteiger partial charge in [0.15, 0.2) is 0 Å². The number of hydrogen-bond acceptors (Lipinski definition) is 5. The number of ether oxygens (including phenoxy) is 2. The fraction of sp³-hybridized carbons (Fsp3) is 0.600. The Morgan fingerprint density at radius 1 is 1.60 bits per heavy atom. The Morgan fingerprint density at radius 2 is 2.53 bits per heavy atom. The van der Waals surface area contributed by atoms with Gasteiger partial charge >= 0.3 is 0 Å². The fourth-order valence-electron chi connectivity index (χ4n) is 1.51. The summed E-state index contributed by atoms with van der Waals surface area (Å²) in [7, 11) is 0. The standard InChI is InChI=1S/C10H15N3O2/c1-8-4-12-5-9(15-8)6-14-10-2-3-11-7-13-10/h2-3,7-9,12H,4-6H2,1H3. The highest BCUT2D eigenvalue weighted by molar-refractivity contribution is 5.04. The van der Waals surface area contributed by atoms with Crippen LogP contribution < -0.4 is 10.1 Å². The highest BCUT2D eigenvalue weighted by Gasteiger charge is 2.19. The molecule has 15 heavy (non-hydrogen) atoms. The number of hydrogen-bond donors (Lipinski definition) is 1. The molecule has 1 aliphatic heterocycles. The van der Waals surface area contributed by atoms with Gasteiger partial charge in [0, 0.05) is 25.4 Å². The summed E-state index contributed by atoms with van der Waals surface area (Å²) < 4.78 is 11.2. The molecule has 1 N–H and O–H groups in total. The zero-order valence-corrected chi connectivity index (χ0v) is 8.72. The summed E-state index contributed by atoms with van der Waals surface area (Å²) in [4.78, 5) is 7.79. The Labute approximate surface area is 88.8 Å². The Hall–Kier alpha value is -1.20. The molecule has 0 aromatic carbocycles. The van der Waals surface area contributed by atoms with Gasteiger partial charge in [-0.05, 0) is 6.92 Å². The SMILES string of the molecule is CC1CNCC(COc2ccncn2)O1. The first-order valence-electron chi connectivity index (χ1n) is 5.09. The highest BCUT2D eigenvalue weighted by atomic mass is 16.5. The van der Waals surface area contributed by atoms with Crippen molar-refractivity contribution >= 4 is 0 Å². The van der Waals surface area contributed by atoms with Crippen LogP contribution in [0.25, 0.3) is 0 Å². The lowest BCUT2D eigenvalue weighted by atomic mass is 10.2. The van der Waals surface area contributed by atoms with Crippen LogP contribution in [-0.2, 0) is 4.74 Å². The van der Waals surface area contributed by atoms with Gasteiger partial charge in [-0.3, -0.25) is 0 Å². The third-order valence-corrected chi connectivity index (χ3v) is 2.20. The minimum Gasteiger partial charge on any atom is -0.475 e. The molecule has 2 heterocycles. The number of rotatable bonds is 3. The van der Waals surface area contributed by atoms with Crippen LogP contribution in [0.2, 0.25) is 0 Å². The van der Waals surface area contributed by atoms with Crippen molar-refractivity contribution in [1.29, 1.82) is 0 Å². The molecule has 5 nitrogen and oxygen atoms in total. The quantitative estimate of drug-likeness (QED) is 0.772. The molecule has 1 saturated heterocycles. The molecule has 1 aliphatic rings. The van der Waals surface area contributed by atoms with Crippen LogP contribution in [0, 0.1) is 0 Å². The topological polar surface area (TPSA) is 56.3 Å². The van der Waals surface area contributed by atoms with Crippen molar-refractivity contribution in [2.24, 2.45) is 0 Å². The fourth-order valence-corrected chi connectivity index (χ4v) is 1.51. The zero-order valence-electron chi connectivity index (χ0n) is 8.72. The molecule has 2 atom stereocenters. The number of nitrogens with one attached hydrogen (secondary N) is 1. The van der Waals surface area contributed by atoms with Gasteiger partial charge < -0.3 is 14.8 Å². The lowest BCUT2D eigenvalue weighted by Crippen LogP contribution is -2.45. The lowest BCUT2D eigenvalue weighted by Gasteiger charge is -2.28. The van der Waals surface area contributed by atoms with E-state index in [1.54, 1.807) is 12.3 Å². The first kappa shape index (κ1) is 10.3. The van der Waals surface area contributed by atoms with Crippen molar-refractivity contribution in [2.45, 2.75) is 19.1 Å². The summed E-state index contributed by atoms with van der Waals surface area (Å²) in [5.74, 6) is 0.590. The first-order chi connectivity index (χ1) is 7.34. The van der Waals surface area contributed by atoms with Gasteiger partial charge in [-0.15, -0.1) is 0 Å². The van der Waals surface area contributed by atoms with Crippen molar-refractivity contribution < 1.29 is 9.47 Å². The van der Waals surface area contributed by atoms with Gasteiger partial charge in [0.25, 0.3) is 0 Å². The molecular weight excluding hydrogens is 194 g/mol. The van der Waals surface area contributed by atoms with E-state index < -0.39 is 0 Å². The second-order valence-electron chi connectivity index (χ2n) is 3.59. The van der Waals surface area contributed by atoms with Crippen LogP contribution in [0.5, 0.6) is 5.88 Å². The predicted molar refractivity (Wildman–Crippen MR) is 54.7 cm³/mol. The second-order valence-corrected chi connectivity index (χ2v) is 3.59. The molecule has 0 aliphatic carbocycles. The van der Waals surface area contributed by atoms with E-state index in [1.165, 1.54) is 6.33 Å². The summed E-state index contributed by atoms with van der Waals surface area (Å²) in [6, 6.07) is 1.74. The van der Waals surface area contributed by atoms with Gasteiger partial charge in [0.05, 0.1) is 6.10 Å². The molecule has 5 heteroatoms. The van der Waals surface area contributed by atoms with E-state index in [2.05, 4.69) is 15.3 Å². The summed E-state index contributed by atoms with van der Waals surface area (Å²) in [5.41, 5.74) is 0. The molecule has 0 bridgehead atoms. The molecule has 2 unspecified atom stereocenters. The summed E-state index contributed by atoms with van der Waals surface area (Å²) in [6.45, 7) is 4.30. The van der Waals surface area contributed by atoms with Gasteiger partial charge in [-0.2, -0.15) is 0 Å². The molecule has 2 rings (SSSR count). The molecule has 82 valence electrons. The van der Waals surface area contributed by atoms with E-state index in [9.17, 15) is 0 Å². The van der Waals surface area contributed by atoms with Crippen molar-refractivity contribution in [1.82, 2.24) is 15.3 Å². The second kappa shape index (κ2) is 5.04. The monoisotopic (exact) mass is 209 g/mol. The number of aromatic nitrogens is 2. The summed E-state index contributed by atoms with van der Waals surface area (Å²) >= 11 is 0. The van der Waals surface area contributed by atoms with Crippen LogP contribution in [0.1, 0.15) is 6.92 Å². The smallest absolute Gasteiger partial charge is 0.216 e. The maximum absolute atomic E-state index is 5.68. The van der Waals surface area contributed by atoms with E-state index in [-0.39, 0.29) is 12.2 Å². The van der Waals surface area contributed by atoms with Gasteiger partial charge in [-0.25, -0.2) is 9.97 Å². The Bertz CT molecular complexity index is 294. The normalized spacial score (nSPS) is 26.2. The van der Waals surface area contributed by atoms with Gasteiger partial charge in [0.2, 0.25) is 5.88 Å². The van der Waals surface area contributed by atoms with Crippen molar-refractivity contribution in [3.05, 3.63) is 18.6 Å². The number of morpholine rings is 1. The minimum atomic E-state index is 0.101. The maximum Gasteiger partial charge on any atom is 0.216 e. The van der Waals surface area contributed by atoms with Crippen LogP contribution in [0.15, 0.2) is 18.6 Å². The average molecular weight is 209 g/mol. The minimum absolute atomic E-state index is 0.101. The zero-order chi connectivity index (χ0) is 10.5. The third kappa shape index (κ3) is 3.14. The van der Waals surface area contributed by atoms with Crippen molar-refractivity contribution in [2.75, 3.05) is 19.7 Å². The van der Waals surface area contributed by atoms with Crippen LogP contribution in [0.4, 0.5) is 0 Å². The van der Waals surface area contributed by atoms with E-state index in [4.69, 9.17) is 9.47 Å². The Morgan fingerprint density at radius 3 is 3.27 bits per heavy atom. The summed E-state index contributed by atoms with van der Waals surface area (Å²) in [6.07, 6.45) is 3.48. The van der Waals surface area contributed by atoms with E-state index in [0.717, 1.165) is 13.1 Å². The molecule has 1 fully saturated rings. The van der Waals surface area contributed by atoms with Crippen LogP contribution >= 0.6 is 0 Å². The van der Waals surface area contributed by atoms with Crippen molar-refractivity contribution in [3.8, 4) is 5.88 Å². The summed E-state index contributed by atoms with van der Waals surface area (Å²) in [5, 5.41) is 3.28. The largest absolute Gasteiger partial charge is 0.475 e.